The van der Waals surface area contributed by atoms with Gasteiger partial charge in [-0.1, -0.05) is 0 Å². The first kappa shape index (κ1) is 19.5. The molecule has 1 atom stereocenters. The van der Waals surface area contributed by atoms with Gasteiger partial charge in [0.15, 0.2) is 18.1 Å². The number of benzene rings is 2. The number of rotatable bonds is 7. The maximum absolute atomic E-state index is 12.9. The smallest absolute Gasteiger partial charge is 0.258 e. The largest absolute Gasteiger partial charge is 0.493 e. The molecule has 0 spiro atoms. The molecule has 0 aromatic heterocycles. The lowest BCUT2D eigenvalue weighted by molar-refractivity contribution is -0.123. The zero-order valence-electron chi connectivity index (χ0n) is 15.6. The Kier molecular flexibility index (Phi) is 5.98. The average Bonchev–Trinajstić information content (AvgIpc) is 3.06. The molecule has 0 saturated carbocycles. The zero-order chi connectivity index (χ0) is 20.1. The van der Waals surface area contributed by atoms with Crippen LogP contribution in [0.1, 0.15) is 6.42 Å². The van der Waals surface area contributed by atoms with Gasteiger partial charge in [-0.2, -0.15) is 0 Å². The van der Waals surface area contributed by atoms with Gasteiger partial charge in [0.1, 0.15) is 11.6 Å². The van der Waals surface area contributed by atoms with Gasteiger partial charge in [0.2, 0.25) is 5.91 Å². The van der Waals surface area contributed by atoms with Crippen molar-refractivity contribution in [1.29, 1.82) is 0 Å². The predicted octanol–water partition coefficient (Wildman–Crippen LogP) is 2.14. The molecule has 0 aliphatic carbocycles. The fraction of sp³-hybridized carbons (Fsp3) is 0.300. The molecular formula is C20H21FN2O5. The third-order valence-corrected chi connectivity index (χ3v) is 4.35. The summed E-state index contributed by atoms with van der Waals surface area (Å²) < 4.78 is 28.7. The highest BCUT2D eigenvalue weighted by atomic mass is 19.1. The minimum absolute atomic E-state index is 0.100. The molecule has 28 heavy (non-hydrogen) atoms. The number of carbonyl (C=O) groups is 2. The number of ether oxygens (including phenoxy) is 3. The van der Waals surface area contributed by atoms with E-state index in [1.807, 2.05) is 0 Å². The van der Waals surface area contributed by atoms with Gasteiger partial charge in [-0.05, 0) is 36.4 Å². The predicted molar refractivity (Wildman–Crippen MR) is 100 cm³/mol. The van der Waals surface area contributed by atoms with Crippen LogP contribution in [-0.2, 0) is 9.59 Å². The molecule has 2 aromatic carbocycles. The molecule has 1 N–H and O–H groups in total. The van der Waals surface area contributed by atoms with Crippen LogP contribution in [0.2, 0.25) is 0 Å². The van der Waals surface area contributed by atoms with E-state index in [4.69, 9.17) is 14.2 Å². The quantitative estimate of drug-likeness (QED) is 0.787. The molecule has 1 heterocycles. The van der Waals surface area contributed by atoms with Crippen molar-refractivity contribution in [2.24, 2.45) is 0 Å². The van der Waals surface area contributed by atoms with Crippen LogP contribution in [0, 0.1) is 5.82 Å². The number of nitrogens with zero attached hydrogens (tertiary/aromatic N) is 1. The number of nitrogens with one attached hydrogen (secondary N) is 1. The Morgan fingerprint density at radius 2 is 1.86 bits per heavy atom. The molecule has 3 rings (SSSR count). The molecular weight excluding hydrogens is 367 g/mol. The van der Waals surface area contributed by atoms with E-state index in [-0.39, 0.29) is 36.7 Å². The van der Waals surface area contributed by atoms with Crippen molar-refractivity contribution in [3.63, 3.8) is 0 Å². The Morgan fingerprint density at radius 3 is 2.54 bits per heavy atom. The Hall–Kier alpha value is -3.29. The molecule has 148 valence electrons. The Bertz CT molecular complexity index is 856. The summed E-state index contributed by atoms with van der Waals surface area (Å²) in [6, 6.07) is 10.3. The van der Waals surface area contributed by atoms with Crippen molar-refractivity contribution in [3.8, 4) is 17.2 Å². The molecule has 7 nitrogen and oxygen atoms in total. The van der Waals surface area contributed by atoms with E-state index in [0.717, 1.165) is 0 Å². The van der Waals surface area contributed by atoms with Crippen LogP contribution < -0.4 is 24.4 Å². The minimum atomic E-state index is -0.378. The van der Waals surface area contributed by atoms with Crippen LogP contribution >= 0.6 is 0 Å². The Labute approximate surface area is 162 Å². The number of methoxy groups -OCH3 is 2. The maximum atomic E-state index is 12.9. The lowest BCUT2D eigenvalue weighted by atomic mass is 10.2. The second-order valence-corrected chi connectivity index (χ2v) is 6.25. The van der Waals surface area contributed by atoms with Crippen molar-refractivity contribution >= 4 is 17.5 Å². The van der Waals surface area contributed by atoms with Crippen molar-refractivity contribution in [1.82, 2.24) is 5.32 Å². The van der Waals surface area contributed by atoms with Crippen LogP contribution in [0.3, 0.4) is 0 Å². The van der Waals surface area contributed by atoms with Gasteiger partial charge in [-0.25, -0.2) is 4.39 Å². The van der Waals surface area contributed by atoms with Crippen LogP contribution in [0.5, 0.6) is 17.2 Å². The molecule has 2 aromatic rings. The summed E-state index contributed by atoms with van der Waals surface area (Å²) in [6.45, 7) is 0.128. The molecule has 8 heteroatoms. The molecule has 1 aliphatic heterocycles. The SMILES string of the molecule is COc1ccc(N2C[C@@H](NC(=O)COc3ccc(F)cc3)CC2=O)cc1OC. The molecule has 1 aliphatic rings. The van der Waals surface area contributed by atoms with Crippen molar-refractivity contribution in [3.05, 3.63) is 48.3 Å². The van der Waals surface area contributed by atoms with Gasteiger partial charge in [0, 0.05) is 24.7 Å². The number of halogens is 1. The third kappa shape index (κ3) is 4.51. The first-order chi connectivity index (χ1) is 13.5. The van der Waals surface area contributed by atoms with Crippen LogP contribution in [-0.4, -0.2) is 45.2 Å². The van der Waals surface area contributed by atoms with Gasteiger partial charge in [0.25, 0.3) is 5.91 Å². The summed E-state index contributed by atoms with van der Waals surface area (Å²) in [6.07, 6.45) is 0.191. The number of anilines is 1. The van der Waals surface area contributed by atoms with Gasteiger partial charge < -0.3 is 24.4 Å². The molecule has 2 amide bonds. The number of hydrogen-bond donors (Lipinski definition) is 1. The highest BCUT2D eigenvalue weighted by molar-refractivity contribution is 5.97. The second kappa shape index (κ2) is 8.60. The number of hydrogen-bond acceptors (Lipinski definition) is 5. The fourth-order valence-electron chi connectivity index (χ4n) is 3.00. The Morgan fingerprint density at radius 1 is 1.14 bits per heavy atom. The van der Waals surface area contributed by atoms with E-state index in [0.29, 0.717) is 29.5 Å². The Balaban J connectivity index is 1.56. The molecule has 1 fully saturated rings. The van der Waals surface area contributed by atoms with Crippen LogP contribution in [0.25, 0.3) is 0 Å². The van der Waals surface area contributed by atoms with E-state index in [1.54, 1.807) is 23.1 Å². The summed E-state index contributed by atoms with van der Waals surface area (Å²) in [5, 5.41) is 2.79. The lowest BCUT2D eigenvalue weighted by Crippen LogP contribution is -2.39. The van der Waals surface area contributed by atoms with Crippen LogP contribution in [0.4, 0.5) is 10.1 Å². The van der Waals surface area contributed by atoms with Gasteiger partial charge in [-0.15, -0.1) is 0 Å². The summed E-state index contributed by atoms with van der Waals surface area (Å²) in [5.74, 6) is 0.657. The minimum Gasteiger partial charge on any atom is -0.493 e. The van der Waals surface area contributed by atoms with E-state index >= 15 is 0 Å². The van der Waals surface area contributed by atoms with Crippen LogP contribution in [0.15, 0.2) is 42.5 Å². The van der Waals surface area contributed by atoms with Gasteiger partial charge in [-0.3, -0.25) is 9.59 Å². The highest BCUT2D eigenvalue weighted by Crippen LogP contribution is 2.33. The fourth-order valence-corrected chi connectivity index (χ4v) is 3.00. The molecule has 0 unspecified atom stereocenters. The van der Waals surface area contributed by atoms with Gasteiger partial charge in [0.05, 0.1) is 20.3 Å². The number of carbonyl (C=O) groups excluding carboxylic acids is 2. The topological polar surface area (TPSA) is 77.1 Å². The first-order valence-corrected chi connectivity index (χ1v) is 8.70. The highest BCUT2D eigenvalue weighted by Gasteiger charge is 2.32. The first-order valence-electron chi connectivity index (χ1n) is 8.70. The monoisotopic (exact) mass is 388 g/mol. The lowest BCUT2D eigenvalue weighted by Gasteiger charge is -2.19. The van der Waals surface area contributed by atoms with E-state index in [1.165, 1.54) is 38.5 Å². The molecule has 1 saturated heterocycles. The normalized spacial score (nSPS) is 16.0. The van der Waals surface area contributed by atoms with Crippen molar-refractivity contribution in [2.45, 2.75) is 12.5 Å². The van der Waals surface area contributed by atoms with E-state index in [2.05, 4.69) is 5.32 Å². The summed E-state index contributed by atoms with van der Waals surface area (Å²) >= 11 is 0. The van der Waals surface area contributed by atoms with Gasteiger partial charge >= 0.3 is 0 Å². The molecule has 0 bridgehead atoms. The second-order valence-electron chi connectivity index (χ2n) is 6.25. The summed E-state index contributed by atoms with van der Waals surface area (Å²) in [7, 11) is 3.07. The average molecular weight is 388 g/mol. The summed E-state index contributed by atoms with van der Waals surface area (Å²) in [5.41, 5.74) is 0.668. The van der Waals surface area contributed by atoms with Crippen molar-refractivity contribution in [2.75, 3.05) is 32.3 Å². The standard InChI is InChI=1S/C20H21FN2O5/c1-26-17-8-5-15(10-18(17)27-2)23-11-14(9-20(23)25)22-19(24)12-28-16-6-3-13(21)4-7-16/h3-8,10,14H,9,11-12H2,1-2H3,(H,22,24)/t14-/m0/s1. The molecule has 0 radical (unpaired) electrons. The summed E-state index contributed by atoms with van der Waals surface area (Å²) in [4.78, 5) is 26.1. The van der Waals surface area contributed by atoms with E-state index < -0.39 is 0 Å². The van der Waals surface area contributed by atoms with E-state index in [9.17, 15) is 14.0 Å². The maximum Gasteiger partial charge on any atom is 0.258 e. The van der Waals surface area contributed by atoms with Crippen molar-refractivity contribution < 1.29 is 28.2 Å². The third-order valence-electron chi connectivity index (χ3n) is 4.35. The number of amides is 2. The zero-order valence-corrected chi connectivity index (χ0v) is 15.6.